The minimum Gasteiger partial charge on any atom is -0.462 e. The molecule has 2 N–H and O–H groups in total. The summed E-state index contributed by atoms with van der Waals surface area (Å²) in [5.41, 5.74) is -1.79. The third-order valence-corrected chi connectivity index (χ3v) is 13.4. The molecule has 3 aromatic rings. The van der Waals surface area contributed by atoms with Crippen LogP contribution in [-0.4, -0.2) is 60.2 Å². The smallest absolute Gasteiger partial charge is 0.339 e. The minimum atomic E-state index is -1.02. The molecule has 0 fully saturated rings. The maximum Gasteiger partial charge on any atom is 0.339 e. The molecule has 0 saturated carbocycles. The van der Waals surface area contributed by atoms with Gasteiger partial charge in [-0.05, 0) is 97.7 Å². The summed E-state index contributed by atoms with van der Waals surface area (Å²) in [7, 11) is 0.699. The summed E-state index contributed by atoms with van der Waals surface area (Å²) in [5.74, 6) is -0.238. The molecule has 51 heavy (non-hydrogen) atoms. The molecule has 0 radical (unpaired) electrons. The van der Waals surface area contributed by atoms with Crippen LogP contribution in [0.5, 0.6) is 0 Å². The number of esters is 1. The van der Waals surface area contributed by atoms with Crippen molar-refractivity contribution in [3.05, 3.63) is 23.3 Å². The zero-order valence-corrected chi connectivity index (χ0v) is 35.4. The Morgan fingerprint density at radius 3 is 1.51 bits per heavy atom. The van der Waals surface area contributed by atoms with Crippen molar-refractivity contribution in [3.8, 4) is 0 Å². The fraction of sp³-hybridized carbons (Fsp3) is 0.732. The van der Waals surface area contributed by atoms with Gasteiger partial charge in [0.2, 0.25) is 0 Å². The van der Waals surface area contributed by atoms with Crippen LogP contribution < -0.4 is 9.55 Å². The van der Waals surface area contributed by atoms with Gasteiger partial charge in [0.1, 0.15) is 0 Å². The first-order valence-electron chi connectivity index (χ1n) is 19.8. The SMILES string of the molecule is CCCCCCCCCCCCOC(=O)c1c(CCCCCC)c2cc(BOC(C)(C)C(C)(C)O)sc2c2sc(BOC(C)(C)C(C)(C)O)cc12. The zero-order valence-electron chi connectivity index (χ0n) is 33.7. The largest absolute Gasteiger partial charge is 0.462 e. The number of hydrogen-bond acceptors (Lipinski definition) is 8. The van der Waals surface area contributed by atoms with Crippen LogP contribution in [0.15, 0.2) is 12.1 Å². The Morgan fingerprint density at radius 2 is 1.04 bits per heavy atom. The van der Waals surface area contributed by atoms with Crippen LogP contribution >= 0.6 is 22.7 Å². The van der Waals surface area contributed by atoms with E-state index in [2.05, 4.69) is 26.0 Å². The third kappa shape index (κ3) is 12.6. The molecule has 286 valence electrons. The number of rotatable bonds is 25. The lowest BCUT2D eigenvalue weighted by atomic mass is 9.85. The number of unbranched alkanes of at least 4 members (excludes halogenated alkanes) is 12. The van der Waals surface area contributed by atoms with Gasteiger partial charge in [0.25, 0.3) is 0 Å². The molecule has 1 aromatic carbocycles. The Bertz CT molecular complexity index is 1510. The van der Waals surface area contributed by atoms with Crippen molar-refractivity contribution in [2.45, 2.75) is 188 Å². The summed E-state index contributed by atoms with van der Waals surface area (Å²) < 4.78 is 23.0. The van der Waals surface area contributed by atoms with E-state index in [1.807, 2.05) is 27.7 Å². The molecule has 10 heteroatoms. The van der Waals surface area contributed by atoms with E-state index in [1.165, 1.54) is 51.4 Å². The second kappa shape index (κ2) is 19.8. The number of aliphatic hydroxyl groups is 2. The molecule has 0 unspecified atom stereocenters. The van der Waals surface area contributed by atoms with Crippen molar-refractivity contribution in [2.75, 3.05) is 6.61 Å². The molecule has 0 aliphatic rings. The Balaban J connectivity index is 1.95. The molecular formula is C41H68B2O6S2. The van der Waals surface area contributed by atoms with Crippen LogP contribution in [0, 0.1) is 0 Å². The number of carbonyl (C=O) groups is 1. The summed E-state index contributed by atoms with van der Waals surface area (Å²) in [6.07, 6.45) is 17.5. The van der Waals surface area contributed by atoms with Crippen LogP contribution in [0.2, 0.25) is 0 Å². The molecular weight excluding hydrogens is 674 g/mol. The van der Waals surface area contributed by atoms with Crippen molar-refractivity contribution < 1.29 is 29.1 Å². The predicted molar refractivity (Wildman–Crippen MR) is 224 cm³/mol. The van der Waals surface area contributed by atoms with Crippen molar-refractivity contribution in [1.82, 2.24) is 0 Å². The van der Waals surface area contributed by atoms with E-state index in [1.54, 1.807) is 50.4 Å². The highest BCUT2D eigenvalue weighted by molar-refractivity contribution is 7.34. The Kier molecular flexibility index (Phi) is 17.1. The molecule has 2 aromatic heterocycles. The number of aryl methyl sites for hydroxylation is 1. The van der Waals surface area contributed by atoms with E-state index in [4.69, 9.17) is 14.0 Å². The number of hydrogen-bond donors (Lipinski definition) is 2. The lowest BCUT2D eigenvalue weighted by Crippen LogP contribution is -2.49. The van der Waals surface area contributed by atoms with E-state index < -0.39 is 22.4 Å². The molecule has 0 saturated heterocycles. The van der Waals surface area contributed by atoms with E-state index >= 15 is 0 Å². The molecule has 3 rings (SSSR count). The molecule has 0 bridgehead atoms. The van der Waals surface area contributed by atoms with Gasteiger partial charge in [0, 0.05) is 14.9 Å². The number of thiophene rings is 2. The molecule has 0 amide bonds. The molecule has 0 atom stereocenters. The highest BCUT2D eigenvalue weighted by Crippen LogP contribution is 2.39. The van der Waals surface area contributed by atoms with Gasteiger partial charge in [-0.15, -0.1) is 22.7 Å². The second-order valence-corrected chi connectivity index (χ2v) is 18.9. The topological polar surface area (TPSA) is 85.2 Å². The van der Waals surface area contributed by atoms with Crippen molar-refractivity contribution in [3.63, 3.8) is 0 Å². The second-order valence-electron chi connectivity index (χ2n) is 16.6. The number of benzene rings is 1. The summed E-state index contributed by atoms with van der Waals surface area (Å²) >= 11 is 3.36. The molecule has 0 aliphatic carbocycles. The van der Waals surface area contributed by atoms with Crippen LogP contribution in [0.1, 0.15) is 175 Å². The highest BCUT2D eigenvalue weighted by Gasteiger charge is 2.37. The summed E-state index contributed by atoms with van der Waals surface area (Å²) in [4.78, 5) is 14.2. The van der Waals surface area contributed by atoms with Gasteiger partial charge in [-0.3, -0.25) is 0 Å². The van der Waals surface area contributed by atoms with Gasteiger partial charge in [0.15, 0.2) is 0 Å². The quantitative estimate of drug-likeness (QED) is 0.0512. The van der Waals surface area contributed by atoms with Crippen LogP contribution in [-0.2, 0) is 20.5 Å². The Labute approximate surface area is 319 Å². The maximum atomic E-state index is 14.2. The van der Waals surface area contributed by atoms with Crippen LogP contribution in [0.3, 0.4) is 0 Å². The fourth-order valence-corrected chi connectivity index (χ4v) is 8.31. The lowest BCUT2D eigenvalue weighted by Gasteiger charge is -2.37. The first-order chi connectivity index (χ1) is 23.9. The van der Waals surface area contributed by atoms with Crippen molar-refractivity contribution >= 4 is 73.3 Å². The molecule has 2 heterocycles. The Morgan fingerprint density at radius 1 is 0.627 bits per heavy atom. The van der Waals surface area contributed by atoms with Crippen LogP contribution in [0.4, 0.5) is 0 Å². The van der Waals surface area contributed by atoms with Crippen LogP contribution in [0.25, 0.3) is 20.2 Å². The van der Waals surface area contributed by atoms with Gasteiger partial charge < -0.3 is 24.3 Å². The van der Waals surface area contributed by atoms with Gasteiger partial charge in [0.05, 0.1) is 44.0 Å². The molecule has 0 spiro atoms. The zero-order chi connectivity index (χ0) is 37.9. The average molecular weight is 743 g/mol. The van der Waals surface area contributed by atoms with Gasteiger partial charge in [-0.2, -0.15) is 0 Å². The first kappa shape index (κ1) is 44.0. The maximum absolute atomic E-state index is 14.2. The van der Waals surface area contributed by atoms with E-state index in [-0.39, 0.29) is 5.97 Å². The molecule has 0 aliphatic heterocycles. The van der Waals surface area contributed by atoms with Crippen molar-refractivity contribution in [2.24, 2.45) is 0 Å². The van der Waals surface area contributed by atoms with E-state index in [0.29, 0.717) is 27.1 Å². The third-order valence-electron chi connectivity index (χ3n) is 11.0. The van der Waals surface area contributed by atoms with Gasteiger partial charge >= 0.3 is 20.9 Å². The van der Waals surface area contributed by atoms with Gasteiger partial charge in [-0.25, -0.2) is 4.79 Å². The molecule has 6 nitrogen and oxygen atoms in total. The van der Waals surface area contributed by atoms with Gasteiger partial charge in [-0.1, -0.05) is 90.9 Å². The monoisotopic (exact) mass is 742 g/mol. The van der Waals surface area contributed by atoms with E-state index in [9.17, 15) is 15.0 Å². The normalized spacial score (nSPS) is 13.0. The minimum absolute atomic E-state index is 0.238. The number of fused-ring (bicyclic) bond motifs is 3. The summed E-state index contributed by atoms with van der Waals surface area (Å²) in [6, 6.07) is 4.31. The number of carbonyl (C=O) groups excluding carboxylic acids is 1. The first-order valence-corrected chi connectivity index (χ1v) is 21.5. The predicted octanol–water partition coefficient (Wildman–Crippen LogP) is 9.40. The van der Waals surface area contributed by atoms with E-state index in [0.717, 1.165) is 80.2 Å². The summed E-state index contributed by atoms with van der Waals surface area (Å²) in [5, 5.41) is 23.5. The standard InChI is InChI=1S/C41H68B2O6S2/c1-11-13-15-17-18-19-20-21-22-24-26-47-37(44)34-29(25-23-16-14-12-2)30-27-32(42-48-40(7,8)38(3,4)45)50-35(30)36-31(34)28-33(51-36)43-49-41(9,10)39(5,6)46/h27-28,42-43,45-46H,11-26H2,1-10H3. The van der Waals surface area contributed by atoms with Crippen molar-refractivity contribution in [1.29, 1.82) is 0 Å². The Hall–Kier alpha value is -1.42. The fourth-order valence-electron chi connectivity index (χ4n) is 5.98. The highest BCUT2D eigenvalue weighted by atomic mass is 32.1. The average Bonchev–Trinajstić information content (AvgIpc) is 3.67. The lowest BCUT2D eigenvalue weighted by molar-refractivity contribution is -0.0892. The number of ether oxygens (including phenoxy) is 1. The summed E-state index contributed by atoms with van der Waals surface area (Å²) in [6.45, 7) is 19.6.